The quantitative estimate of drug-likeness (QED) is 0.428. The molecule has 3 heteroatoms. The van der Waals surface area contributed by atoms with Crippen LogP contribution in [0.4, 0.5) is 0 Å². The SMILES string of the molecule is I.ICCN(Cc1ccccc1)Cc1ccccc1. The first kappa shape index (κ1) is 16.9. The van der Waals surface area contributed by atoms with Crippen LogP contribution in [0.5, 0.6) is 0 Å². The van der Waals surface area contributed by atoms with Crippen LogP contribution in [-0.2, 0) is 13.1 Å². The summed E-state index contributed by atoms with van der Waals surface area (Å²) in [6.07, 6.45) is 0. The zero-order valence-electron chi connectivity index (χ0n) is 10.8. The molecule has 0 aliphatic rings. The van der Waals surface area contributed by atoms with Crippen molar-refractivity contribution in [1.29, 1.82) is 0 Å². The van der Waals surface area contributed by atoms with Crippen molar-refractivity contribution in [1.82, 2.24) is 4.90 Å². The van der Waals surface area contributed by atoms with Gasteiger partial charge in [0.2, 0.25) is 0 Å². The smallest absolute Gasteiger partial charge is 0.0237 e. The van der Waals surface area contributed by atoms with Gasteiger partial charge in [-0.25, -0.2) is 0 Å². The molecule has 0 aliphatic carbocycles. The molecule has 0 saturated heterocycles. The molecule has 0 radical (unpaired) electrons. The molecule has 0 atom stereocenters. The van der Waals surface area contributed by atoms with Gasteiger partial charge in [0.25, 0.3) is 0 Å². The molecule has 0 bridgehead atoms. The molecular weight excluding hydrogens is 460 g/mol. The number of nitrogens with zero attached hydrogens (tertiary/aromatic N) is 1. The fraction of sp³-hybridized carbons (Fsp3) is 0.250. The Bertz CT molecular complexity index is 403. The van der Waals surface area contributed by atoms with Gasteiger partial charge in [0.1, 0.15) is 0 Å². The number of hydrogen-bond acceptors (Lipinski definition) is 1. The summed E-state index contributed by atoms with van der Waals surface area (Å²) in [6, 6.07) is 21.4. The van der Waals surface area contributed by atoms with Crippen molar-refractivity contribution in [3.8, 4) is 0 Å². The summed E-state index contributed by atoms with van der Waals surface area (Å²) >= 11 is 2.45. The molecule has 0 amide bonds. The van der Waals surface area contributed by atoms with Gasteiger partial charge >= 0.3 is 0 Å². The van der Waals surface area contributed by atoms with E-state index in [9.17, 15) is 0 Å². The predicted octanol–water partition coefficient (Wildman–Crippen LogP) is 4.74. The first-order chi connectivity index (χ1) is 8.88. The molecule has 0 aromatic heterocycles. The Hall–Kier alpha value is -0.140. The minimum absolute atomic E-state index is 0. The maximum atomic E-state index is 2.50. The van der Waals surface area contributed by atoms with Crippen LogP contribution in [0, 0.1) is 0 Å². The number of halogens is 2. The van der Waals surface area contributed by atoms with Gasteiger partial charge in [-0.05, 0) is 11.1 Å². The monoisotopic (exact) mass is 479 g/mol. The van der Waals surface area contributed by atoms with E-state index in [1.54, 1.807) is 0 Å². The van der Waals surface area contributed by atoms with E-state index in [-0.39, 0.29) is 24.0 Å². The van der Waals surface area contributed by atoms with Crippen molar-refractivity contribution >= 4 is 46.6 Å². The van der Waals surface area contributed by atoms with Crippen LogP contribution in [0.15, 0.2) is 60.7 Å². The number of hydrogen-bond donors (Lipinski definition) is 0. The number of benzene rings is 2. The Kier molecular flexibility index (Phi) is 8.65. The number of rotatable bonds is 6. The van der Waals surface area contributed by atoms with Crippen molar-refractivity contribution in [2.24, 2.45) is 0 Å². The van der Waals surface area contributed by atoms with Crippen LogP contribution in [0.1, 0.15) is 11.1 Å². The van der Waals surface area contributed by atoms with Crippen LogP contribution in [0.25, 0.3) is 0 Å². The second-order valence-corrected chi connectivity index (χ2v) is 5.45. The maximum absolute atomic E-state index is 2.50. The highest BCUT2D eigenvalue weighted by Crippen LogP contribution is 2.10. The summed E-state index contributed by atoms with van der Waals surface area (Å²) in [5.41, 5.74) is 2.77. The molecule has 0 spiro atoms. The molecule has 0 saturated carbocycles. The first-order valence-corrected chi connectivity index (χ1v) is 7.77. The number of alkyl halides is 1. The molecule has 102 valence electrons. The lowest BCUT2D eigenvalue weighted by molar-refractivity contribution is 0.275. The standard InChI is InChI=1S/C16H18IN.HI/c17-11-12-18(13-15-7-3-1-4-8-15)14-16-9-5-2-6-10-16;/h1-10H,11-14H2;1H. The van der Waals surface area contributed by atoms with Crippen molar-refractivity contribution in [3.63, 3.8) is 0 Å². The molecule has 0 heterocycles. The van der Waals surface area contributed by atoms with E-state index >= 15 is 0 Å². The third-order valence-electron chi connectivity index (χ3n) is 2.90. The third-order valence-corrected chi connectivity index (χ3v) is 3.38. The molecule has 0 N–H and O–H groups in total. The fourth-order valence-corrected chi connectivity index (χ4v) is 2.70. The van der Waals surface area contributed by atoms with Crippen LogP contribution in [0.2, 0.25) is 0 Å². The van der Waals surface area contributed by atoms with E-state index in [2.05, 4.69) is 88.2 Å². The molecule has 19 heavy (non-hydrogen) atoms. The van der Waals surface area contributed by atoms with Gasteiger partial charge in [-0.2, -0.15) is 0 Å². The summed E-state index contributed by atoms with van der Waals surface area (Å²) in [5, 5.41) is 0. The molecule has 2 aromatic rings. The summed E-state index contributed by atoms with van der Waals surface area (Å²) < 4.78 is 1.16. The average molecular weight is 479 g/mol. The van der Waals surface area contributed by atoms with E-state index in [0.717, 1.165) is 24.1 Å². The van der Waals surface area contributed by atoms with E-state index in [0.29, 0.717) is 0 Å². The Balaban J connectivity index is 0.00000180. The first-order valence-electron chi connectivity index (χ1n) is 6.24. The lowest BCUT2D eigenvalue weighted by Crippen LogP contribution is -2.24. The average Bonchev–Trinajstić information content (AvgIpc) is 2.41. The van der Waals surface area contributed by atoms with E-state index in [1.807, 2.05) is 0 Å². The van der Waals surface area contributed by atoms with Gasteiger partial charge in [0, 0.05) is 24.1 Å². The lowest BCUT2D eigenvalue weighted by Gasteiger charge is -2.21. The van der Waals surface area contributed by atoms with Crippen LogP contribution >= 0.6 is 46.6 Å². The van der Waals surface area contributed by atoms with Gasteiger partial charge < -0.3 is 0 Å². The van der Waals surface area contributed by atoms with Crippen LogP contribution in [-0.4, -0.2) is 15.9 Å². The zero-order valence-corrected chi connectivity index (χ0v) is 15.3. The van der Waals surface area contributed by atoms with Gasteiger partial charge in [-0.15, -0.1) is 24.0 Å². The molecule has 0 fully saturated rings. The molecular formula is C16H19I2N. The second-order valence-electron chi connectivity index (χ2n) is 4.37. The summed E-state index contributed by atoms with van der Waals surface area (Å²) in [7, 11) is 0. The minimum atomic E-state index is 0. The molecule has 2 aromatic carbocycles. The normalized spacial score (nSPS) is 10.2. The van der Waals surface area contributed by atoms with Gasteiger partial charge in [0.15, 0.2) is 0 Å². The topological polar surface area (TPSA) is 3.24 Å². The van der Waals surface area contributed by atoms with Gasteiger partial charge in [-0.1, -0.05) is 83.3 Å². The van der Waals surface area contributed by atoms with Crippen molar-refractivity contribution in [2.45, 2.75) is 13.1 Å². The zero-order chi connectivity index (χ0) is 12.6. The van der Waals surface area contributed by atoms with Crippen molar-refractivity contribution < 1.29 is 0 Å². The Labute approximate surface area is 146 Å². The maximum Gasteiger partial charge on any atom is 0.0237 e. The molecule has 0 unspecified atom stereocenters. The Morgan fingerprint density at radius 1 is 0.737 bits per heavy atom. The summed E-state index contributed by atoms with van der Waals surface area (Å²) in [5.74, 6) is 0. The van der Waals surface area contributed by atoms with Crippen molar-refractivity contribution in [3.05, 3.63) is 71.8 Å². The van der Waals surface area contributed by atoms with Crippen molar-refractivity contribution in [2.75, 3.05) is 11.0 Å². The van der Waals surface area contributed by atoms with Gasteiger partial charge in [-0.3, -0.25) is 4.90 Å². The lowest BCUT2D eigenvalue weighted by atomic mass is 10.1. The third kappa shape index (κ3) is 6.23. The molecule has 0 aliphatic heterocycles. The summed E-state index contributed by atoms with van der Waals surface area (Å²) in [6.45, 7) is 3.18. The Morgan fingerprint density at radius 3 is 1.53 bits per heavy atom. The molecule has 1 nitrogen and oxygen atoms in total. The summed E-state index contributed by atoms with van der Waals surface area (Å²) in [4.78, 5) is 2.50. The fourth-order valence-electron chi connectivity index (χ4n) is 2.02. The Morgan fingerprint density at radius 2 is 1.16 bits per heavy atom. The largest absolute Gasteiger partial charge is 0.294 e. The van der Waals surface area contributed by atoms with Crippen LogP contribution < -0.4 is 0 Å². The highest BCUT2D eigenvalue weighted by molar-refractivity contribution is 14.1. The van der Waals surface area contributed by atoms with Gasteiger partial charge in [0.05, 0.1) is 0 Å². The highest BCUT2D eigenvalue weighted by atomic mass is 127. The van der Waals surface area contributed by atoms with E-state index in [1.165, 1.54) is 11.1 Å². The molecule has 2 rings (SSSR count). The van der Waals surface area contributed by atoms with E-state index in [4.69, 9.17) is 0 Å². The highest BCUT2D eigenvalue weighted by Gasteiger charge is 2.05. The van der Waals surface area contributed by atoms with E-state index < -0.39 is 0 Å². The predicted molar refractivity (Wildman–Crippen MR) is 101 cm³/mol. The van der Waals surface area contributed by atoms with Crippen LogP contribution in [0.3, 0.4) is 0 Å². The second kappa shape index (κ2) is 9.72. The minimum Gasteiger partial charge on any atom is -0.294 e.